The number of anilines is 1. The topological polar surface area (TPSA) is 67.9 Å². The van der Waals surface area contributed by atoms with Crippen molar-refractivity contribution in [1.82, 2.24) is 5.32 Å². The van der Waals surface area contributed by atoms with Crippen LogP contribution in [0.4, 0.5) is 5.69 Å². The fourth-order valence-electron chi connectivity index (χ4n) is 3.24. The number of carbonyl (C=O) groups is 2. The van der Waals surface area contributed by atoms with Crippen LogP contribution in [-0.2, 0) is 9.59 Å². The number of carbonyl (C=O) groups excluding carboxylic acids is 2. The predicted molar refractivity (Wildman–Crippen MR) is 116 cm³/mol. The first-order valence-corrected chi connectivity index (χ1v) is 9.39. The molecule has 29 heavy (non-hydrogen) atoms. The maximum Gasteiger partial charge on any atom is 0.270 e. The second-order valence-corrected chi connectivity index (χ2v) is 7.20. The lowest BCUT2D eigenvalue weighted by molar-refractivity contribution is -0.122. The molecule has 7 heteroatoms. The van der Waals surface area contributed by atoms with E-state index in [1.807, 2.05) is 39.0 Å². The van der Waals surface area contributed by atoms with Gasteiger partial charge in [-0.1, -0.05) is 17.7 Å². The number of hydrogen-bond donors (Lipinski definition) is 1. The molecule has 1 N–H and O–H groups in total. The van der Waals surface area contributed by atoms with E-state index in [4.69, 9.17) is 21.7 Å². The molecule has 150 valence electrons. The number of methoxy groups -OCH3 is 2. The SMILES string of the molecule is COc1cc(C)c(/C=C2\C(=O)NC(=S)N(c3ccc(C)cc3C)C2=O)cc1OC. The lowest BCUT2D eigenvalue weighted by Gasteiger charge is -2.30. The van der Waals surface area contributed by atoms with E-state index in [0.717, 1.165) is 16.7 Å². The van der Waals surface area contributed by atoms with Gasteiger partial charge in [0.2, 0.25) is 0 Å². The quantitative estimate of drug-likeness (QED) is 0.475. The van der Waals surface area contributed by atoms with Gasteiger partial charge in [-0.3, -0.25) is 19.8 Å². The summed E-state index contributed by atoms with van der Waals surface area (Å²) in [5.41, 5.74) is 4.10. The summed E-state index contributed by atoms with van der Waals surface area (Å²) in [6.07, 6.45) is 1.55. The Morgan fingerprint density at radius 1 is 0.966 bits per heavy atom. The Bertz CT molecular complexity index is 1060. The number of amides is 2. The van der Waals surface area contributed by atoms with Gasteiger partial charge in [0.1, 0.15) is 5.57 Å². The molecule has 2 aromatic rings. The maximum atomic E-state index is 13.2. The van der Waals surface area contributed by atoms with Crippen LogP contribution in [0.5, 0.6) is 11.5 Å². The van der Waals surface area contributed by atoms with Crippen LogP contribution in [0.3, 0.4) is 0 Å². The highest BCUT2D eigenvalue weighted by molar-refractivity contribution is 7.80. The third-order valence-corrected chi connectivity index (χ3v) is 5.05. The normalized spacial score (nSPS) is 15.6. The molecule has 0 aromatic heterocycles. The van der Waals surface area contributed by atoms with Gasteiger partial charge in [0, 0.05) is 0 Å². The van der Waals surface area contributed by atoms with Crippen molar-refractivity contribution in [3.8, 4) is 11.5 Å². The summed E-state index contributed by atoms with van der Waals surface area (Å²) in [7, 11) is 3.08. The monoisotopic (exact) mass is 410 g/mol. The molecule has 6 nitrogen and oxygen atoms in total. The molecule has 0 spiro atoms. The summed E-state index contributed by atoms with van der Waals surface area (Å²) in [5, 5.41) is 2.68. The van der Waals surface area contributed by atoms with E-state index in [-0.39, 0.29) is 10.7 Å². The number of nitrogens with one attached hydrogen (secondary N) is 1. The molecule has 0 aliphatic carbocycles. The number of thiocarbonyl (C=S) groups is 1. The van der Waals surface area contributed by atoms with Crippen LogP contribution in [0.1, 0.15) is 22.3 Å². The molecule has 3 rings (SSSR count). The standard InChI is InChI=1S/C22H22N2O4S/c1-12-6-7-17(14(3)8-12)24-21(26)16(20(25)23-22(24)29)10-15-11-19(28-5)18(27-4)9-13(15)2/h6-11H,1-5H3,(H,23,25,29)/b16-10+. The Morgan fingerprint density at radius 2 is 1.62 bits per heavy atom. The Hall–Kier alpha value is -3.19. The van der Waals surface area contributed by atoms with Crippen molar-refractivity contribution >= 4 is 40.9 Å². The summed E-state index contributed by atoms with van der Waals surface area (Å²) in [6.45, 7) is 5.74. The van der Waals surface area contributed by atoms with Crippen LogP contribution < -0.4 is 19.7 Å². The molecule has 0 radical (unpaired) electrons. The number of benzene rings is 2. The minimum absolute atomic E-state index is 0.00565. The Balaban J connectivity index is 2.08. The Morgan fingerprint density at radius 3 is 2.24 bits per heavy atom. The molecule has 1 saturated heterocycles. The van der Waals surface area contributed by atoms with Crippen molar-refractivity contribution in [2.75, 3.05) is 19.1 Å². The Labute approximate surface area is 175 Å². The zero-order valence-corrected chi connectivity index (χ0v) is 17.8. The molecule has 0 unspecified atom stereocenters. The summed E-state index contributed by atoms with van der Waals surface area (Å²) < 4.78 is 10.6. The third-order valence-electron chi connectivity index (χ3n) is 4.77. The molecule has 2 amide bonds. The highest BCUT2D eigenvalue weighted by Gasteiger charge is 2.35. The number of aryl methyl sites for hydroxylation is 3. The van der Waals surface area contributed by atoms with E-state index in [1.165, 1.54) is 12.0 Å². The summed E-state index contributed by atoms with van der Waals surface area (Å²) in [5.74, 6) is 0.0788. The molecule has 1 fully saturated rings. The molecule has 0 atom stereocenters. The van der Waals surface area contributed by atoms with Gasteiger partial charge in [0.25, 0.3) is 11.8 Å². The van der Waals surface area contributed by atoms with Crippen molar-refractivity contribution in [2.45, 2.75) is 20.8 Å². The van der Waals surface area contributed by atoms with Gasteiger partial charge in [-0.05, 0) is 74.0 Å². The van der Waals surface area contributed by atoms with Gasteiger partial charge in [-0.2, -0.15) is 0 Å². The van der Waals surface area contributed by atoms with Crippen molar-refractivity contribution in [1.29, 1.82) is 0 Å². The van der Waals surface area contributed by atoms with Gasteiger partial charge in [0.05, 0.1) is 19.9 Å². The fraction of sp³-hybridized carbons (Fsp3) is 0.227. The van der Waals surface area contributed by atoms with Gasteiger partial charge >= 0.3 is 0 Å². The van der Waals surface area contributed by atoms with Gasteiger partial charge in [-0.15, -0.1) is 0 Å². The van der Waals surface area contributed by atoms with E-state index in [1.54, 1.807) is 25.3 Å². The van der Waals surface area contributed by atoms with E-state index >= 15 is 0 Å². The zero-order chi connectivity index (χ0) is 21.3. The summed E-state index contributed by atoms with van der Waals surface area (Å²) in [4.78, 5) is 27.1. The Kier molecular flexibility index (Phi) is 5.70. The first-order valence-electron chi connectivity index (χ1n) is 8.98. The summed E-state index contributed by atoms with van der Waals surface area (Å²) in [6, 6.07) is 9.21. The molecule has 2 aromatic carbocycles. The number of rotatable bonds is 4. The van der Waals surface area contributed by atoms with Crippen LogP contribution >= 0.6 is 12.2 Å². The fourth-order valence-corrected chi connectivity index (χ4v) is 3.51. The molecular formula is C22H22N2O4S. The molecule has 1 heterocycles. The minimum atomic E-state index is -0.532. The van der Waals surface area contributed by atoms with Crippen molar-refractivity contribution in [3.05, 3.63) is 58.2 Å². The highest BCUT2D eigenvalue weighted by Crippen LogP contribution is 2.32. The van der Waals surface area contributed by atoms with Crippen LogP contribution in [0.2, 0.25) is 0 Å². The largest absolute Gasteiger partial charge is 0.493 e. The van der Waals surface area contributed by atoms with Crippen LogP contribution in [0.15, 0.2) is 35.9 Å². The second kappa shape index (κ2) is 8.05. The lowest BCUT2D eigenvalue weighted by atomic mass is 10.0. The smallest absolute Gasteiger partial charge is 0.270 e. The second-order valence-electron chi connectivity index (χ2n) is 6.81. The maximum absolute atomic E-state index is 13.2. The van der Waals surface area contributed by atoms with Gasteiger partial charge in [-0.25, -0.2) is 0 Å². The van der Waals surface area contributed by atoms with Gasteiger partial charge < -0.3 is 9.47 Å². The summed E-state index contributed by atoms with van der Waals surface area (Å²) >= 11 is 5.28. The first-order chi connectivity index (χ1) is 13.8. The minimum Gasteiger partial charge on any atom is -0.493 e. The molecule has 1 aliphatic heterocycles. The molecule has 1 aliphatic rings. The van der Waals surface area contributed by atoms with Gasteiger partial charge in [0.15, 0.2) is 16.6 Å². The van der Waals surface area contributed by atoms with E-state index in [0.29, 0.717) is 22.7 Å². The first kappa shape index (κ1) is 20.5. The molecule has 0 saturated carbocycles. The highest BCUT2D eigenvalue weighted by atomic mass is 32.1. The zero-order valence-electron chi connectivity index (χ0n) is 17.0. The lowest BCUT2D eigenvalue weighted by Crippen LogP contribution is -2.54. The molecular weight excluding hydrogens is 388 g/mol. The average molecular weight is 410 g/mol. The van der Waals surface area contributed by atoms with E-state index in [9.17, 15) is 9.59 Å². The number of hydrogen-bond acceptors (Lipinski definition) is 5. The van der Waals surface area contributed by atoms with Crippen LogP contribution in [-0.4, -0.2) is 31.1 Å². The van der Waals surface area contributed by atoms with E-state index < -0.39 is 11.8 Å². The van der Waals surface area contributed by atoms with Crippen molar-refractivity contribution in [2.24, 2.45) is 0 Å². The van der Waals surface area contributed by atoms with Crippen LogP contribution in [0.25, 0.3) is 6.08 Å². The predicted octanol–water partition coefficient (Wildman–Crippen LogP) is 3.46. The number of ether oxygens (including phenoxy) is 2. The van der Waals surface area contributed by atoms with Crippen molar-refractivity contribution < 1.29 is 19.1 Å². The third kappa shape index (κ3) is 3.86. The number of nitrogens with zero attached hydrogens (tertiary/aromatic N) is 1. The van der Waals surface area contributed by atoms with Crippen molar-refractivity contribution in [3.63, 3.8) is 0 Å². The average Bonchev–Trinajstić information content (AvgIpc) is 2.67. The van der Waals surface area contributed by atoms with E-state index in [2.05, 4.69) is 5.32 Å². The van der Waals surface area contributed by atoms with Crippen LogP contribution in [0, 0.1) is 20.8 Å². The molecule has 0 bridgehead atoms.